The average molecular weight is 347 g/mol. The van der Waals surface area contributed by atoms with Gasteiger partial charge in [-0.05, 0) is 49.9 Å². The highest BCUT2D eigenvalue weighted by molar-refractivity contribution is 7.89. The number of primary sulfonamides is 1. The number of benzene rings is 2. The van der Waals surface area contributed by atoms with Gasteiger partial charge >= 0.3 is 0 Å². The van der Waals surface area contributed by atoms with Crippen LogP contribution in [0.25, 0.3) is 0 Å². The molecule has 126 valence electrons. The highest BCUT2D eigenvalue weighted by Gasteiger charge is 2.16. The number of sulfonamides is 1. The van der Waals surface area contributed by atoms with Crippen LogP contribution in [0.2, 0.25) is 0 Å². The van der Waals surface area contributed by atoms with Crippen molar-refractivity contribution in [3.63, 3.8) is 0 Å². The van der Waals surface area contributed by atoms with Crippen LogP contribution < -0.4 is 5.14 Å². The van der Waals surface area contributed by atoms with Gasteiger partial charge in [0.2, 0.25) is 10.0 Å². The fraction of sp³-hybridized carbons (Fsp3) is 0.235. The molecular formula is C17H18FN3O2S. The SMILES string of the molecule is C[C@@H](c1cccc(S(N)(=O)=O)c1)N(C)Cc1cc(C#N)ccc1F. The number of nitriles is 1. The number of hydrogen-bond acceptors (Lipinski definition) is 4. The second-order valence-corrected chi connectivity index (χ2v) is 7.19. The van der Waals surface area contributed by atoms with Gasteiger partial charge in [-0.1, -0.05) is 12.1 Å². The standard InChI is InChI=1S/C17H18FN3O2S/c1-12(14-4-3-5-16(9-14)24(20,22)23)21(2)11-15-8-13(10-19)6-7-17(15)18/h3-9,12H,11H2,1-2H3,(H2,20,22,23)/t12-/m0/s1. The molecule has 0 radical (unpaired) electrons. The highest BCUT2D eigenvalue weighted by Crippen LogP contribution is 2.24. The predicted molar refractivity (Wildman–Crippen MR) is 88.8 cm³/mol. The maximum Gasteiger partial charge on any atom is 0.238 e. The fourth-order valence-corrected chi connectivity index (χ4v) is 2.95. The zero-order valence-electron chi connectivity index (χ0n) is 13.4. The average Bonchev–Trinajstić information content (AvgIpc) is 2.55. The van der Waals surface area contributed by atoms with Crippen molar-refractivity contribution in [2.24, 2.45) is 5.14 Å². The smallest absolute Gasteiger partial charge is 0.238 e. The molecule has 24 heavy (non-hydrogen) atoms. The van der Waals surface area contributed by atoms with E-state index in [2.05, 4.69) is 0 Å². The van der Waals surface area contributed by atoms with Gasteiger partial charge in [0.05, 0.1) is 16.5 Å². The first-order valence-electron chi connectivity index (χ1n) is 7.24. The van der Waals surface area contributed by atoms with E-state index in [1.54, 1.807) is 19.2 Å². The Morgan fingerprint density at radius 2 is 2.00 bits per heavy atom. The van der Waals surface area contributed by atoms with Crippen LogP contribution in [0.3, 0.4) is 0 Å². The van der Waals surface area contributed by atoms with Crippen LogP contribution in [-0.4, -0.2) is 20.4 Å². The summed E-state index contributed by atoms with van der Waals surface area (Å²) in [6.07, 6.45) is 0. The van der Waals surface area contributed by atoms with Gasteiger partial charge in [0.15, 0.2) is 0 Å². The summed E-state index contributed by atoms with van der Waals surface area (Å²) in [5.74, 6) is -0.383. The van der Waals surface area contributed by atoms with Gasteiger partial charge in [-0.2, -0.15) is 5.26 Å². The Bertz CT molecular complexity index is 891. The third-order valence-electron chi connectivity index (χ3n) is 3.92. The molecule has 2 aromatic rings. The van der Waals surface area contributed by atoms with Crippen LogP contribution in [0.5, 0.6) is 0 Å². The van der Waals surface area contributed by atoms with Gasteiger partial charge in [-0.3, -0.25) is 4.90 Å². The Hall–Kier alpha value is -2.27. The van der Waals surface area contributed by atoms with E-state index in [9.17, 15) is 12.8 Å². The lowest BCUT2D eigenvalue weighted by atomic mass is 10.1. The summed E-state index contributed by atoms with van der Waals surface area (Å²) < 4.78 is 36.9. The normalized spacial score (nSPS) is 12.8. The summed E-state index contributed by atoms with van der Waals surface area (Å²) in [6, 6.07) is 12.4. The lowest BCUT2D eigenvalue weighted by Crippen LogP contribution is -2.23. The molecule has 5 nitrogen and oxygen atoms in total. The highest BCUT2D eigenvalue weighted by atomic mass is 32.2. The molecule has 2 rings (SSSR count). The van der Waals surface area contributed by atoms with Crippen LogP contribution in [-0.2, 0) is 16.6 Å². The van der Waals surface area contributed by atoms with Crippen molar-refractivity contribution in [3.8, 4) is 6.07 Å². The number of hydrogen-bond donors (Lipinski definition) is 1. The largest absolute Gasteiger partial charge is 0.295 e. The fourth-order valence-electron chi connectivity index (χ4n) is 2.38. The van der Waals surface area contributed by atoms with Crippen molar-refractivity contribution in [1.29, 1.82) is 5.26 Å². The van der Waals surface area contributed by atoms with Crippen LogP contribution >= 0.6 is 0 Å². The maximum absolute atomic E-state index is 13.9. The third kappa shape index (κ3) is 4.17. The van der Waals surface area contributed by atoms with Gasteiger partial charge in [-0.25, -0.2) is 17.9 Å². The zero-order valence-corrected chi connectivity index (χ0v) is 14.2. The van der Waals surface area contributed by atoms with Gasteiger partial charge in [-0.15, -0.1) is 0 Å². The Kier molecular flexibility index (Phi) is 5.34. The number of nitrogens with zero attached hydrogens (tertiary/aromatic N) is 2. The molecule has 0 aromatic heterocycles. The molecule has 0 spiro atoms. The quantitative estimate of drug-likeness (QED) is 0.900. The monoisotopic (exact) mass is 347 g/mol. The lowest BCUT2D eigenvalue weighted by molar-refractivity contribution is 0.249. The summed E-state index contributed by atoms with van der Waals surface area (Å²) in [5, 5.41) is 14.1. The molecule has 2 aromatic carbocycles. The first-order chi connectivity index (χ1) is 11.2. The van der Waals surface area contributed by atoms with E-state index in [1.807, 2.05) is 17.9 Å². The Balaban J connectivity index is 2.25. The van der Waals surface area contributed by atoms with Crippen molar-refractivity contribution in [2.75, 3.05) is 7.05 Å². The summed E-state index contributed by atoms with van der Waals surface area (Å²) in [5.41, 5.74) is 1.55. The van der Waals surface area contributed by atoms with Gasteiger partial charge in [0.1, 0.15) is 5.82 Å². The lowest BCUT2D eigenvalue weighted by Gasteiger charge is -2.25. The molecule has 0 bridgehead atoms. The van der Waals surface area contributed by atoms with E-state index in [4.69, 9.17) is 10.4 Å². The molecule has 2 N–H and O–H groups in total. The first kappa shape index (κ1) is 18.1. The van der Waals surface area contributed by atoms with Gasteiger partial charge in [0.25, 0.3) is 0 Å². The molecule has 0 aliphatic heterocycles. The third-order valence-corrected chi connectivity index (χ3v) is 4.84. The van der Waals surface area contributed by atoms with Crippen molar-refractivity contribution in [3.05, 3.63) is 65.0 Å². The van der Waals surface area contributed by atoms with Crippen molar-refractivity contribution in [2.45, 2.75) is 24.4 Å². The van der Waals surface area contributed by atoms with Crippen molar-refractivity contribution >= 4 is 10.0 Å². The van der Waals surface area contributed by atoms with Crippen molar-refractivity contribution in [1.82, 2.24) is 4.90 Å². The molecule has 0 unspecified atom stereocenters. The van der Waals surface area contributed by atoms with Gasteiger partial charge < -0.3 is 0 Å². The summed E-state index contributed by atoms with van der Waals surface area (Å²) in [4.78, 5) is 1.90. The van der Waals surface area contributed by atoms with E-state index < -0.39 is 10.0 Å². The van der Waals surface area contributed by atoms with Crippen LogP contribution in [0.15, 0.2) is 47.4 Å². The predicted octanol–water partition coefficient (Wildman–Crippen LogP) is 2.54. The summed E-state index contributed by atoms with van der Waals surface area (Å²) in [7, 11) is -1.98. The van der Waals surface area contributed by atoms with E-state index in [-0.39, 0.29) is 23.3 Å². The van der Waals surface area contributed by atoms with E-state index in [0.717, 1.165) is 5.56 Å². The number of rotatable bonds is 5. The molecule has 0 aliphatic carbocycles. The summed E-state index contributed by atoms with van der Waals surface area (Å²) in [6.45, 7) is 2.16. The Labute approximate surface area is 141 Å². The molecule has 0 amide bonds. The van der Waals surface area contributed by atoms with Crippen LogP contribution in [0, 0.1) is 17.1 Å². The van der Waals surface area contributed by atoms with Crippen molar-refractivity contribution < 1.29 is 12.8 Å². The summed E-state index contributed by atoms with van der Waals surface area (Å²) >= 11 is 0. The minimum absolute atomic E-state index is 0.0397. The molecule has 1 atom stereocenters. The Morgan fingerprint density at radius 1 is 1.29 bits per heavy atom. The van der Waals surface area contributed by atoms with E-state index in [0.29, 0.717) is 11.1 Å². The van der Waals surface area contributed by atoms with Gasteiger partial charge in [0, 0.05) is 18.2 Å². The number of nitrogens with two attached hydrogens (primary N) is 1. The molecule has 7 heteroatoms. The van der Waals surface area contributed by atoms with E-state index >= 15 is 0 Å². The molecule has 0 heterocycles. The first-order valence-corrected chi connectivity index (χ1v) is 8.78. The van der Waals surface area contributed by atoms with Crippen LogP contribution in [0.4, 0.5) is 4.39 Å². The minimum atomic E-state index is -3.77. The molecule has 0 aliphatic rings. The second kappa shape index (κ2) is 7.09. The molecule has 0 saturated heterocycles. The van der Waals surface area contributed by atoms with E-state index in [1.165, 1.54) is 30.3 Å². The number of halogens is 1. The second-order valence-electron chi connectivity index (χ2n) is 5.63. The molecular weight excluding hydrogens is 329 g/mol. The minimum Gasteiger partial charge on any atom is -0.295 e. The molecule has 0 fully saturated rings. The Morgan fingerprint density at radius 3 is 2.62 bits per heavy atom. The zero-order chi connectivity index (χ0) is 17.9. The van der Waals surface area contributed by atoms with Crippen LogP contribution in [0.1, 0.15) is 29.7 Å². The molecule has 0 saturated carbocycles. The topological polar surface area (TPSA) is 87.2 Å². The maximum atomic E-state index is 13.9.